The molecule has 0 aliphatic rings. The maximum absolute atomic E-state index is 12.2. The molecule has 0 saturated heterocycles. The van der Waals surface area contributed by atoms with Crippen molar-refractivity contribution in [2.75, 3.05) is 0 Å². The average Bonchev–Trinajstić information content (AvgIpc) is 2.51. The Labute approximate surface area is 116 Å². The van der Waals surface area contributed by atoms with E-state index in [1.165, 1.54) is 6.21 Å². The minimum absolute atomic E-state index is 0.0977. The second-order valence-electron chi connectivity index (χ2n) is 4.51. The number of para-hydroxylation sites is 1. The monoisotopic (exact) mass is 263 g/mol. The first kappa shape index (κ1) is 12.2. The van der Waals surface area contributed by atoms with Gasteiger partial charge in [-0.25, -0.2) is 0 Å². The average molecular weight is 263 g/mol. The Hall–Kier alpha value is -2.81. The van der Waals surface area contributed by atoms with Crippen LogP contribution in [0.25, 0.3) is 10.8 Å². The number of nitrogens with zero attached hydrogens (tertiary/aromatic N) is 1. The molecule has 0 saturated carbocycles. The van der Waals surface area contributed by atoms with Crippen LogP contribution in [0.4, 0.5) is 5.69 Å². The SMILES string of the molecule is [O-][N+](=Cc1c(O)ccc2ccccc12)c1ccccc1. The van der Waals surface area contributed by atoms with Crippen molar-refractivity contribution in [2.45, 2.75) is 0 Å². The summed E-state index contributed by atoms with van der Waals surface area (Å²) in [5.41, 5.74) is 1.06. The van der Waals surface area contributed by atoms with E-state index in [1.807, 2.05) is 36.4 Å². The molecule has 3 aromatic carbocycles. The molecule has 0 bridgehead atoms. The van der Waals surface area contributed by atoms with Crippen LogP contribution in [-0.2, 0) is 0 Å². The Morgan fingerprint density at radius 1 is 0.850 bits per heavy atom. The maximum atomic E-state index is 12.2. The van der Waals surface area contributed by atoms with Crippen LogP contribution >= 0.6 is 0 Å². The number of phenolic OH excluding ortho intramolecular Hbond substituents is 1. The lowest BCUT2D eigenvalue weighted by atomic mass is 10.0. The van der Waals surface area contributed by atoms with Crippen molar-refractivity contribution in [2.24, 2.45) is 0 Å². The third-order valence-corrected chi connectivity index (χ3v) is 3.20. The number of benzene rings is 3. The second-order valence-corrected chi connectivity index (χ2v) is 4.51. The molecule has 0 aliphatic heterocycles. The van der Waals surface area contributed by atoms with Crippen molar-refractivity contribution in [3.8, 4) is 5.75 Å². The molecule has 0 unspecified atom stereocenters. The topological polar surface area (TPSA) is 46.3 Å². The molecule has 0 aliphatic carbocycles. The minimum Gasteiger partial charge on any atom is -0.618 e. The third kappa shape index (κ3) is 2.21. The highest BCUT2D eigenvalue weighted by Crippen LogP contribution is 2.26. The number of phenols is 1. The Morgan fingerprint density at radius 2 is 1.55 bits per heavy atom. The van der Waals surface area contributed by atoms with Crippen molar-refractivity contribution >= 4 is 22.7 Å². The summed E-state index contributed by atoms with van der Waals surface area (Å²) in [7, 11) is 0. The lowest BCUT2D eigenvalue weighted by molar-refractivity contribution is -0.354. The van der Waals surface area contributed by atoms with E-state index in [1.54, 1.807) is 30.3 Å². The molecule has 0 radical (unpaired) electrons. The summed E-state index contributed by atoms with van der Waals surface area (Å²) >= 11 is 0. The van der Waals surface area contributed by atoms with E-state index < -0.39 is 0 Å². The zero-order valence-corrected chi connectivity index (χ0v) is 10.7. The molecular formula is C17H13NO2. The van der Waals surface area contributed by atoms with E-state index >= 15 is 0 Å². The van der Waals surface area contributed by atoms with Gasteiger partial charge in [-0.1, -0.05) is 48.5 Å². The van der Waals surface area contributed by atoms with Gasteiger partial charge in [0.05, 0.1) is 5.56 Å². The fourth-order valence-electron chi connectivity index (χ4n) is 2.19. The van der Waals surface area contributed by atoms with Gasteiger partial charge in [-0.15, -0.1) is 0 Å². The van der Waals surface area contributed by atoms with Gasteiger partial charge in [-0.2, -0.15) is 4.74 Å². The highest BCUT2D eigenvalue weighted by Gasteiger charge is 2.09. The molecule has 20 heavy (non-hydrogen) atoms. The van der Waals surface area contributed by atoms with Gasteiger partial charge in [0, 0.05) is 12.1 Å². The molecule has 0 amide bonds. The Bertz CT molecular complexity index is 779. The number of fused-ring (bicyclic) bond motifs is 1. The van der Waals surface area contributed by atoms with Crippen molar-refractivity contribution in [3.05, 3.63) is 77.5 Å². The molecule has 98 valence electrons. The van der Waals surface area contributed by atoms with Crippen LogP contribution in [-0.4, -0.2) is 16.1 Å². The molecule has 3 aromatic rings. The van der Waals surface area contributed by atoms with Gasteiger partial charge in [0.2, 0.25) is 5.69 Å². The first-order valence-electron chi connectivity index (χ1n) is 6.33. The minimum atomic E-state index is 0.0977. The van der Waals surface area contributed by atoms with Gasteiger partial charge in [-0.3, -0.25) is 0 Å². The fourth-order valence-corrected chi connectivity index (χ4v) is 2.19. The van der Waals surface area contributed by atoms with Gasteiger partial charge in [0.15, 0.2) is 6.21 Å². The lowest BCUT2D eigenvalue weighted by Crippen LogP contribution is -1.99. The first-order valence-corrected chi connectivity index (χ1v) is 6.33. The highest BCUT2D eigenvalue weighted by atomic mass is 16.5. The summed E-state index contributed by atoms with van der Waals surface area (Å²) in [5, 5.41) is 24.0. The third-order valence-electron chi connectivity index (χ3n) is 3.20. The molecule has 3 rings (SSSR count). The summed E-state index contributed by atoms with van der Waals surface area (Å²) in [4.78, 5) is 0. The summed E-state index contributed by atoms with van der Waals surface area (Å²) in [6.45, 7) is 0. The van der Waals surface area contributed by atoms with Crippen LogP contribution in [0.1, 0.15) is 5.56 Å². The normalized spacial score (nSPS) is 11.7. The van der Waals surface area contributed by atoms with Crippen LogP contribution in [0, 0.1) is 5.21 Å². The van der Waals surface area contributed by atoms with Crippen LogP contribution in [0.2, 0.25) is 0 Å². The van der Waals surface area contributed by atoms with Crippen LogP contribution in [0.3, 0.4) is 0 Å². The fraction of sp³-hybridized carbons (Fsp3) is 0. The smallest absolute Gasteiger partial charge is 0.216 e. The molecule has 0 spiro atoms. The number of hydrogen-bond acceptors (Lipinski definition) is 2. The van der Waals surface area contributed by atoms with E-state index in [9.17, 15) is 10.3 Å². The van der Waals surface area contributed by atoms with Crippen molar-refractivity contribution < 1.29 is 9.85 Å². The van der Waals surface area contributed by atoms with Gasteiger partial charge in [0.1, 0.15) is 5.75 Å². The second kappa shape index (κ2) is 5.05. The van der Waals surface area contributed by atoms with Crippen LogP contribution in [0.5, 0.6) is 5.75 Å². The van der Waals surface area contributed by atoms with Gasteiger partial charge >= 0.3 is 0 Å². The molecule has 3 nitrogen and oxygen atoms in total. The predicted molar refractivity (Wildman–Crippen MR) is 80.5 cm³/mol. The first-order chi connectivity index (χ1) is 9.75. The molecule has 0 heterocycles. The molecular weight excluding hydrogens is 250 g/mol. The maximum Gasteiger partial charge on any atom is 0.216 e. The Kier molecular flexibility index (Phi) is 3.09. The molecule has 0 atom stereocenters. The Morgan fingerprint density at radius 3 is 2.35 bits per heavy atom. The summed E-state index contributed by atoms with van der Waals surface area (Å²) in [6.07, 6.45) is 1.41. The van der Waals surface area contributed by atoms with Crippen LogP contribution < -0.4 is 0 Å². The van der Waals surface area contributed by atoms with Crippen molar-refractivity contribution in [1.82, 2.24) is 0 Å². The molecule has 0 aromatic heterocycles. The van der Waals surface area contributed by atoms with Crippen LogP contribution in [0.15, 0.2) is 66.7 Å². The molecule has 1 N–H and O–H groups in total. The number of hydrogen-bond donors (Lipinski definition) is 1. The van der Waals surface area contributed by atoms with Gasteiger partial charge in [-0.05, 0) is 16.8 Å². The van der Waals surface area contributed by atoms with Gasteiger partial charge < -0.3 is 10.3 Å². The van der Waals surface area contributed by atoms with E-state index in [-0.39, 0.29) is 5.75 Å². The highest BCUT2D eigenvalue weighted by molar-refractivity contribution is 6.01. The number of rotatable bonds is 2. The summed E-state index contributed by atoms with van der Waals surface area (Å²) in [6, 6.07) is 20.0. The lowest BCUT2D eigenvalue weighted by Gasteiger charge is -2.06. The quantitative estimate of drug-likeness (QED) is 0.331. The van der Waals surface area contributed by atoms with Crippen molar-refractivity contribution in [1.29, 1.82) is 0 Å². The summed E-state index contributed by atoms with van der Waals surface area (Å²) < 4.78 is 0.765. The summed E-state index contributed by atoms with van der Waals surface area (Å²) in [5.74, 6) is 0.0977. The number of aromatic hydroxyl groups is 1. The van der Waals surface area contributed by atoms with E-state index in [4.69, 9.17) is 0 Å². The molecule has 3 heteroatoms. The zero-order chi connectivity index (χ0) is 13.9. The molecule has 0 fully saturated rings. The van der Waals surface area contributed by atoms with E-state index in [0.717, 1.165) is 15.5 Å². The van der Waals surface area contributed by atoms with Crippen molar-refractivity contribution in [3.63, 3.8) is 0 Å². The van der Waals surface area contributed by atoms with E-state index in [0.29, 0.717) is 11.3 Å². The predicted octanol–water partition coefficient (Wildman–Crippen LogP) is 3.81. The zero-order valence-electron chi connectivity index (χ0n) is 10.7. The van der Waals surface area contributed by atoms with E-state index in [2.05, 4.69) is 0 Å². The largest absolute Gasteiger partial charge is 0.618 e. The standard InChI is InChI=1S/C17H13NO2/c19-17-11-10-13-6-4-5-9-15(13)16(17)12-18(20)14-7-2-1-3-8-14/h1-12,19H. The Balaban J connectivity index is 2.17. The van der Waals surface area contributed by atoms with Gasteiger partial charge in [0.25, 0.3) is 0 Å².